The predicted octanol–water partition coefficient (Wildman–Crippen LogP) is 1.21. The average molecular weight is 263 g/mol. The highest BCUT2D eigenvalue weighted by Crippen LogP contribution is 2.03. The predicted molar refractivity (Wildman–Crippen MR) is 68.7 cm³/mol. The largest absolute Gasteiger partial charge is 0.472 e. The van der Waals surface area contributed by atoms with Crippen LogP contribution >= 0.6 is 0 Å². The topological polar surface area (TPSA) is 85.0 Å². The number of oxime groups is 3. The molecule has 7 heteroatoms. The number of benzene rings is 1. The van der Waals surface area contributed by atoms with Crippen LogP contribution < -0.4 is 0 Å². The number of hydrogen-bond acceptors (Lipinski definition) is 7. The van der Waals surface area contributed by atoms with Gasteiger partial charge >= 0.3 is 0 Å². The van der Waals surface area contributed by atoms with Crippen molar-refractivity contribution in [1.29, 1.82) is 0 Å². The summed E-state index contributed by atoms with van der Waals surface area (Å²) in [7, 11) is 0. The molecule has 100 valence electrons. The monoisotopic (exact) mass is 263 g/mol. The molecule has 7 nitrogen and oxygen atoms in total. The summed E-state index contributed by atoms with van der Waals surface area (Å²) < 4.78 is 5.16. The second-order valence-corrected chi connectivity index (χ2v) is 3.55. The first-order chi connectivity index (χ1) is 9.40. The van der Waals surface area contributed by atoms with Gasteiger partial charge in [0.15, 0.2) is 13.2 Å². The number of nitrogens with zero attached hydrogens (tertiary/aromatic N) is 3. The van der Waals surface area contributed by atoms with Crippen molar-refractivity contribution in [2.75, 3.05) is 19.8 Å². The molecule has 1 aliphatic heterocycles. The zero-order chi connectivity index (χ0) is 13.3. The van der Waals surface area contributed by atoms with Crippen LogP contribution in [0.2, 0.25) is 0 Å². The fourth-order valence-electron chi connectivity index (χ4n) is 1.40. The fraction of sp³-hybridized carbons (Fsp3) is 0.250. The van der Waals surface area contributed by atoms with Gasteiger partial charge in [0.1, 0.15) is 6.61 Å². The Morgan fingerprint density at radius 1 is 1.26 bits per heavy atom. The van der Waals surface area contributed by atoms with Crippen LogP contribution in [0, 0.1) is 0 Å². The average Bonchev–Trinajstić information content (AvgIpc) is 2.47. The van der Waals surface area contributed by atoms with Gasteiger partial charge in [0.25, 0.3) is 5.90 Å². The molecule has 0 bridgehead atoms. The van der Waals surface area contributed by atoms with Crippen LogP contribution in [-0.2, 0) is 14.4 Å². The lowest BCUT2D eigenvalue weighted by Crippen LogP contribution is -2.19. The summed E-state index contributed by atoms with van der Waals surface area (Å²) >= 11 is 0. The molecule has 0 unspecified atom stereocenters. The van der Waals surface area contributed by atoms with Crippen molar-refractivity contribution >= 4 is 18.3 Å². The van der Waals surface area contributed by atoms with Gasteiger partial charge in [0.05, 0.1) is 12.4 Å². The van der Waals surface area contributed by atoms with Crippen molar-refractivity contribution in [1.82, 2.24) is 0 Å². The first kappa shape index (κ1) is 12.9. The number of rotatable bonds is 5. The first-order valence-corrected chi connectivity index (χ1v) is 5.63. The molecule has 0 spiro atoms. The van der Waals surface area contributed by atoms with E-state index >= 15 is 0 Å². The highest BCUT2D eigenvalue weighted by molar-refractivity contribution is 5.93. The minimum atomic E-state index is 0.104. The van der Waals surface area contributed by atoms with Crippen LogP contribution in [0.25, 0.3) is 0 Å². The molecule has 0 radical (unpaired) electrons. The maximum atomic E-state index is 8.53. The zero-order valence-electron chi connectivity index (χ0n) is 10.1. The van der Waals surface area contributed by atoms with E-state index in [-0.39, 0.29) is 6.61 Å². The van der Waals surface area contributed by atoms with Crippen molar-refractivity contribution in [3.63, 3.8) is 0 Å². The van der Waals surface area contributed by atoms with Crippen LogP contribution in [0.4, 0.5) is 0 Å². The van der Waals surface area contributed by atoms with E-state index in [1.165, 1.54) is 12.4 Å². The van der Waals surface area contributed by atoms with Gasteiger partial charge in [-0.3, -0.25) is 0 Å². The second-order valence-electron chi connectivity index (χ2n) is 3.55. The van der Waals surface area contributed by atoms with Crippen LogP contribution in [0.15, 0.2) is 39.7 Å². The van der Waals surface area contributed by atoms with Crippen molar-refractivity contribution in [2.45, 2.75) is 0 Å². The Hall–Kier alpha value is -2.57. The zero-order valence-corrected chi connectivity index (χ0v) is 10.1. The van der Waals surface area contributed by atoms with Crippen LogP contribution in [-0.4, -0.2) is 43.4 Å². The Labute approximate surface area is 109 Å². The standard InChI is InChI=1S/C12H13N3O4/c16-13-7-10-3-1-2-4-11(10)8-14-19-9-12-15-18-6-5-17-12/h1-4,7-8,16H,5-6,9H2. The van der Waals surface area contributed by atoms with E-state index in [2.05, 4.69) is 15.5 Å². The summed E-state index contributed by atoms with van der Waals surface area (Å²) in [4.78, 5) is 9.87. The molecular weight excluding hydrogens is 250 g/mol. The highest BCUT2D eigenvalue weighted by Gasteiger charge is 2.07. The highest BCUT2D eigenvalue weighted by atomic mass is 16.7. The molecule has 1 heterocycles. The third-order valence-electron chi connectivity index (χ3n) is 2.26. The minimum Gasteiger partial charge on any atom is -0.472 e. The van der Waals surface area contributed by atoms with Gasteiger partial charge < -0.3 is 19.6 Å². The van der Waals surface area contributed by atoms with Crippen LogP contribution in [0.3, 0.4) is 0 Å². The third-order valence-corrected chi connectivity index (χ3v) is 2.26. The Balaban J connectivity index is 1.90. The van der Waals surface area contributed by atoms with Gasteiger partial charge in [0.2, 0.25) is 0 Å². The lowest BCUT2D eigenvalue weighted by atomic mass is 10.1. The van der Waals surface area contributed by atoms with Gasteiger partial charge in [-0.05, 0) is 5.16 Å². The Morgan fingerprint density at radius 3 is 2.74 bits per heavy atom. The first-order valence-electron chi connectivity index (χ1n) is 5.63. The maximum Gasteiger partial charge on any atom is 0.267 e. The van der Waals surface area contributed by atoms with E-state index in [0.29, 0.717) is 19.1 Å². The van der Waals surface area contributed by atoms with Crippen LogP contribution in [0.5, 0.6) is 0 Å². The fourth-order valence-corrected chi connectivity index (χ4v) is 1.40. The van der Waals surface area contributed by atoms with Gasteiger partial charge in [-0.15, -0.1) is 0 Å². The van der Waals surface area contributed by atoms with E-state index in [0.717, 1.165) is 11.1 Å². The van der Waals surface area contributed by atoms with E-state index in [9.17, 15) is 0 Å². The molecule has 19 heavy (non-hydrogen) atoms. The molecule has 0 atom stereocenters. The molecule has 0 saturated heterocycles. The summed E-state index contributed by atoms with van der Waals surface area (Å²) in [5, 5.41) is 19.0. The SMILES string of the molecule is ON=Cc1ccccc1C=NOCC1=NOCCO1. The summed E-state index contributed by atoms with van der Waals surface area (Å²) in [6.07, 6.45) is 2.84. The Kier molecular flexibility index (Phi) is 4.74. The molecule has 0 aromatic heterocycles. The quantitative estimate of drug-likeness (QED) is 0.491. The molecule has 1 aromatic carbocycles. The van der Waals surface area contributed by atoms with Gasteiger partial charge in [-0.25, -0.2) is 0 Å². The van der Waals surface area contributed by atoms with Crippen molar-refractivity contribution in [3.8, 4) is 0 Å². The van der Waals surface area contributed by atoms with Gasteiger partial charge in [0, 0.05) is 11.1 Å². The second kappa shape index (κ2) is 7.00. The Bertz CT molecular complexity index is 500. The van der Waals surface area contributed by atoms with E-state index in [1.807, 2.05) is 18.2 Å². The molecule has 0 amide bonds. The molecule has 2 rings (SSSR count). The number of hydrogen-bond donors (Lipinski definition) is 1. The summed E-state index contributed by atoms with van der Waals surface area (Å²) in [5.41, 5.74) is 1.50. The molecule has 1 aliphatic rings. The molecule has 0 saturated carbocycles. The summed E-state index contributed by atoms with van der Waals surface area (Å²) in [5.74, 6) is 0.355. The third kappa shape index (κ3) is 3.98. The molecular formula is C12H13N3O4. The molecule has 1 N–H and O–H groups in total. The van der Waals surface area contributed by atoms with E-state index < -0.39 is 0 Å². The molecule has 0 fully saturated rings. The minimum absolute atomic E-state index is 0.104. The van der Waals surface area contributed by atoms with Gasteiger partial charge in [-0.1, -0.05) is 34.6 Å². The summed E-state index contributed by atoms with van der Waals surface area (Å²) in [6.45, 7) is 1.01. The van der Waals surface area contributed by atoms with Crippen LogP contribution in [0.1, 0.15) is 11.1 Å². The molecule has 0 aliphatic carbocycles. The van der Waals surface area contributed by atoms with Crippen molar-refractivity contribution in [3.05, 3.63) is 35.4 Å². The lowest BCUT2D eigenvalue weighted by molar-refractivity contribution is 0.0495. The van der Waals surface area contributed by atoms with E-state index in [4.69, 9.17) is 19.6 Å². The van der Waals surface area contributed by atoms with E-state index in [1.54, 1.807) is 6.07 Å². The van der Waals surface area contributed by atoms with Crippen molar-refractivity contribution < 1.29 is 19.6 Å². The normalized spacial score (nSPS) is 15.1. The Morgan fingerprint density at radius 2 is 2.05 bits per heavy atom. The molecule has 1 aromatic rings. The lowest BCUT2D eigenvalue weighted by Gasteiger charge is -2.11. The smallest absolute Gasteiger partial charge is 0.267 e. The van der Waals surface area contributed by atoms with Crippen molar-refractivity contribution in [2.24, 2.45) is 15.5 Å². The van der Waals surface area contributed by atoms with Gasteiger partial charge in [-0.2, -0.15) is 0 Å². The summed E-state index contributed by atoms with van der Waals surface area (Å²) in [6, 6.07) is 7.29. The number of ether oxygens (including phenoxy) is 1. The maximum absolute atomic E-state index is 8.53.